The number of amides is 1. The lowest BCUT2D eigenvalue weighted by atomic mass is 10.1. The SMILES string of the molecule is Cc1oc(-c2ccc(C(=O)NCCCN3CCN(C)CC3)cc2)nc1C[S@](=O)c1ccccc1. The Bertz CT molecular complexity index is 1110. The highest BCUT2D eigenvalue weighted by atomic mass is 32.2. The number of oxazole rings is 1. The molecule has 0 radical (unpaired) electrons. The van der Waals surface area contributed by atoms with Crippen molar-refractivity contribution in [3.8, 4) is 11.5 Å². The third-order valence-corrected chi connectivity index (χ3v) is 7.43. The predicted octanol–water partition coefficient (Wildman–Crippen LogP) is 3.33. The zero-order chi connectivity index (χ0) is 23.9. The van der Waals surface area contributed by atoms with Crippen molar-refractivity contribution >= 4 is 16.7 Å². The maximum Gasteiger partial charge on any atom is 0.251 e. The molecule has 1 aliphatic heterocycles. The first-order chi connectivity index (χ1) is 16.5. The van der Waals surface area contributed by atoms with E-state index in [1.165, 1.54) is 0 Å². The van der Waals surface area contributed by atoms with E-state index in [1.807, 2.05) is 49.4 Å². The Balaban J connectivity index is 1.28. The summed E-state index contributed by atoms with van der Waals surface area (Å²) >= 11 is 0. The van der Waals surface area contributed by atoms with Gasteiger partial charge in [0.1, 0.15) is 5.76 Å². The van der Waals surface area contributed by atoms with Crippen LogP contribution in [0, 0.1) is 6.92 Å². The molecule has 0 bridgehead atoms. The maximum atomic E-state index is 12.6. The van der Waals surface area contributed by atoms with E-state index in [4.69, 9.17) is 4.42 Å². The van der Waals surface area contributed by atoms with Gasteiger partial charge in [-0.25, -0.2) is 4.98 Å². The first-order valence-corrected chi connectivity index (χ1v) is 13.0. The Labute approximate surface area is 203 Å². The number of likely N-dealkylation sites (N-methyl/N-ethyl adjacent to an activating group) is 1. The molecule has 0 saturated carbocycles. The zero-order valence-electron chi connectivity index (χ0n) is 19.8. The molecule has 7 nitrogen and oxygen atoms in total. The lowest BCUT2D eigenvalue weighted by Gasteiger charge is -2.32. The van der Waals surface area contributed by atoms with Crippen LogP contribution in [0.4, 0.5) is 0 Å². The van der Waals surface area contributed by atoms with Crippen molar-refractivity contribution in [1.29, 1.82) is 0 Å². The highest BCUT2D eigenvalue weighted by Gasteiger charge is 2.16. The number of aromatic nitrogens is 1. The van der Waals surface area contributed by atoms with Crippen LogP contribution in [0.2, 0.25) is 0 Å². The molecule has 34 heavy (non-hydrogen) atoms. The van der Waals surface area contributed by atoms with E-state index >= 15 is 0 Å². The van der Waals surface area contributed by atoms with Crippen molar-refractivity contribution in [1.82, 2.24) is 20.1 Å². The molecular formula is C26H32N4O3S. The van der Waals surface area contributed by atoms with Gasteiger partial charge in [-0.1, -0.05) is 18.2 Å². The number of carbonyl (C=O) groups is 1. The fourth-order valence-corrected chi connectivity index (χ4v) is 5.05. The molecule has 0 spiro atoms. The average Bonchev–Trinajstić information content (AvgIpc) is 3.23. The maximum absolute atomic E-state index is 12.6. The van der Waals surface area contributed by atoms with Gasteiger partial charge < -0.3 is 19.5 Å². The Kier molecular flexibility index (Phi) is 8.26. The molecule has 0 unspecified atom stereocenters. The molecule has 0 aliphatic carbocycles. The molecule has 4 rings (SSSR count). The van der Waals surface area contributed by atoms with Crippen molar-refractivity contribution in [2.75, 3.05) is 46.3 Å². The van der Waals surface area contributed by atoms with Gasteiger partial charge in [-0.05, 0) is 63.3 Å². The molecule has 3 aromatic rings. The summed E-state index contributed by atoms with van der Waals surface area (Å²) in [5, 5.41) is 3.01. The van der Waals surface area contributed by atoms with Gasteiger partial charge in [0.2, 0.25) is 5.89 Å². The van der Waals surface area contributed by atoms with Crippen molar-refractivity contribution in [2.45, 2.75) is 24.0 Å². The lowest BCUT2D eigenvalue weighted by molar-refractivity contribution is 0.0949. The topological polar surface area (TPSA) is 78.7 Å². The van der Waals surface area contributed by atoms with Crippen LogP contribution in [0.5, 0.6) is 0 Å². The van der Waals surface area contributed by atoms with Crippen LogP contribution in [0.25, 0.3) is 11.5 Å². The van der Waals surface area contributed by atoms with E-state index in [2.05, 4.69) is 27.1 Å². The molecule has 1 N–H and O–H groups in total. The number of piperazine rings is 1. The van der Waals surface area contributed by atoms with Crippen LogP contribution in [0.3, 0.4) is 0 Å². The smallest absolute Gasteiger partial charge is 0.251 e. The largest absolute Gasteiger partial charge is 0.441 e. The molecule has 1 amide bonds. The van der Waals surface area contributed by atoms with Crippen molar-refractivity contribution < 1.29 is 13.4 Å². The van der Waals surface area contributed by atoms with Gasteiger partial charge >= 0.3 is 0 Å². The number of aryl methyl sites for hydroxylation is 1. The summed E-state index contributed by atoms with van der Waals surface area (Å²) in [7, 11) is 0.966. The summed E-state index contributed by atoms with van der Waals surface area (Å²) in [6.45, 7) is 7.90. The van der Waals surface area contributed by atoms with Gasteiger partial charge in [0, 0.05) is 48.7 Å². The molecule has 1 saturated heterocycles. The minimum atomic E-state index is -1.19. The summed E-state index contributed by atoms with van der Waals surface area (Å²) in [4.78, 5) is 22.6. The van der Waals surface area contributed by atoms with E-state index in [0.29, 0.717) is 35.2 Å². The molecule has 1 atom stereocenters. The van der Waals surface area contributed by atoms with E-state index in [9.17, 15) is 9.00 Å². The molecule has 1 aliphatic rings. The van der Waals surface area contributed by atoms with Gasteiger partial charge in [0.05, 0.1) is 22.2 Å². The zero-order valence-corrected chi connectivity index (χ0v) is 20.6. The second kappa shape index (κ2) is 11.6. The van der Waals surface area contributed by atoms with Crippen molar-refractivity contribution in [3.05, 3.63) is 71.6 Å². The van der Waals surface area contributed by atoms with Gasteiger partial charge in [0.25, 0.3) is 5.91 Å². The second-order valence-electron chi connectivity index (χ2n) is 8.66. The number of nitrogens with zero attached hydrogens (tertiary/aromatic N) is 3. The number of hydrogen-bond donors (Lipinski definition) is 1. The molecule has 2 heterocycles. The van der Waals surface area contributed by atoms with Gasteiger partial charge in [-0.2, -0.15) is 0 Å². The fraction of sp³-hybridized carbons (Fsp3) is 0.385. The van der Waals surface area contributed by atoms with Crippen LogP contribution in [-0.2, 0) is 16.6 Å². The first kappa shape index (κ1) is 24.3. The molecule has 1 fully saturated rings. The summed E-state index contributed by atoms with van der Waals surface area (Å²) in [5.74, 6) is 1.35. The molecular weight excluding hydrogens is 448 g/mol. The number of hydrogen-bond acceptors (Lipinski definition) is 6. The monoisotopic (exact) mass is 480 g/mol. The third-order valence-electron chi connectivity index (χ3n) is 6.09. The predicted molar refractivity (Wildman–Crippen MR) is 134 cm³/mol. The highest BCUT2D eigenvalue weighted by molar-refractivity contribution is 7.84. The average molecular weight is 481 g/mol. The van der Waals surface area contributed by atoms with Crippen molar-refractivity contribution in [3.63, 3.8) is 0 Å². The Morgan fingerprint density at radius 2 is 1.76 bits per heavy atom. The first-order valence-electron chi connectivity index (χ1n) is 11.7. The van der Waals surface area contributed by atoms with Crippen LogP contribution < -0.4 is 5.32 Å². The molecule has 8 heteroatoms. The second-order valence-corrected chi connectivity index (χ2v) is 10.1. The van der Waals surface area contributed by atoms with Gasteiger partial charge in [0.15, 0.2) is 0 Å². The minimum absolute atomic E-state index is 0.0764. The van der Waals surface area contributed by atoms with Gasteiger partial charge in [-0.3, -0.25) is 9.00 Å². The molecule has 2 aromatic carbocycles. The lowest BCUT2D eigenvalue weighted by Crippen LogP contribution is -2.45. The molecule has 180 valence electrons. The van der Waals surface area contributed by atoms with Crippen LogP contribution in [0.1, 0.15) is 28.2 Å². The van der Waals surface area contributed by atoms with Crippen LogP contribution >= 0.6 is 0 Å². The Morgan fingerprint density at radius 1 is 1.06 bits per heavy atom. The van der Waals surface area contributed by atoms with Gasteiger partial charge in [-0.15, -0.1) is 0 Å². The number of benzene rings is 2. The quantitative estimate of drug-likeness (QED) is 0.474. The third kappa shape index (κ3) is 6.40. The Morgan fingerprint density at radius 3 is 2.47 bits per heavy atom. The normalized spacial score (nSPS) is 15.8. The van der Waals surface area contributed by atoms with E-state index in [-0.39, 0.29) is 5.91 Å². The van der Waals surface area contributed by atoms with E-state index in [1.54, 1.807) is 12.1 Å². The standard InChI is InChI=1S/C26H32N4O3S/c1-20-24(19-34(32)23-7-4-3-5-8-23)28-26(33-20)22-11-9-21(10-12-22)25(31)27-13-6-14-30-17-15-29(2)16-18-30/h3-5,7-12H,6,13-19H2,1-2H3,(H,27,31)/t34-/m0/s1. The summed E-state index contributed by atoms with van der Waals surface area (Å²) in [5.41, 5.74) is 2.07. The van der Waals surface area contributed by atoms with E-state index in [0.717, 1.165) is 49.6 Å². The van der Waals surface area contributed by atoms with Crippen molar-refractivity contribution in [2.24, 2.45) is 0 Å². The minimum Gasteiger partial charge on any atom is -0.441 e. The molecule has 1 aromatic heterocycles. The van der Waals surface area contributed by atoms with E-state index < -0.39 is 10.8 Å². The van der Waals surface area contributed by atoms with Crippen LogP contribution in [-0.4, -0.2) is 71.2 Å². The summed E-state index contributed by atoms with van der Waals surface area (Å²) in [6, 6.07) is 16.6. The Hall–Kier alpha value is -2.81. The number of carbonyl (C=O) groups excluding carboxylic acids is 1. The summed E-state index contributed by atoms with van der Waals surface area (Å²) < 4.78 is 18.5. The highest BCUT2D eigenvalue weighted by Crippen LogP contribution is 2.24. The number of rotatable bonds is 9. The number of nitrogens with one attached hydrogen (secondary N) is 1. The fourth-order valence-electron chi connectivity index (χ4n) is 3.91. The van der Waals surface area contributed by atoms with Crippen LogP contribution in [0.15, 0.2) is 63.9 Å². The summed E-state index contributed by atoms with van der Waals surface area (Å²) in [6.07, 6.45) is 0.941.